The number of rotatable bonds is 3. The number of hydrogen-bond donors (Lipinski definition) is 1. The number of nitrogens with one attached hydrogen (secondary N) is 1. The zero-order chi connectivity index (χ0) is 14.4. The Morgan fingerprint density at radius 3 is 3.00 bits per heavy atom. The summed E-state index contributed by atoms with van der Waals surface area (Å²) in [5, 5.41) is 22.6. The molecule has 0 aliphatic rings. The molecule has 0 saturated heterocycles. The van der Waals surface area contributed by atoms with Crippen LogP contribution in [0.5, 0.6) is 5.75 Å². The quantitative estimate of drug-likeness (QED) is 0.390. The van der Waals surface area contributed by atoms with Gasteiger partial charge in [-0.3, -0.25) is 5.32 Å². The molecule has 0 aliphatic carbocycles. The highest BCUT2D eigenvalue weighted by atomic mass is 32.2. The molecule has 0 spiro atoms. The van der Waals surface area contributed by atoms with Gasteiger partial charge in [-0.2, -0.15) is 5.26 Å². The minimum Gasteiger partial charge on any atom is -0.494 e. The first-order valence-electron chi connectivity index (χ1n) is 5.47. The van der Waals surface area contributed by atoms with E-state index in [9.17, 15) is 0 Å². The van der Waals surface area contributed by atoms with E-state index in [-0.39, 0.29) is 0 Å². The van der Waals surface area contributed by atoms with Gasteiger partial charge in [-0.1, -0.05) is 11.8 Å². The van der Waals surface area contributed by atoms with Gasteiger partial charge >= 0.3 is 0 Å². The highest BCUT2D eigenvalue weighted by Gasteiger charge is 2.07. The Bertz CT molecular complexity index is 647. The van der Waals surface area contributed by atoms with Gasteiger partial charge in [0.2, 0.25) is 0 Å². The molecule has 0 amide bonds. The lowest BCUT2D eigenvalue weighted by atomic mass is 10.2. The number of aromatic nitrogens is 4. The molecule has 1 aromatic heterocycles. The van der Waals surface area contributed by atoms with Gasteiger partial charge in [0, 0.05) is 0 Å². The molecule has 0 aliphatic heterocycles. The van der Waals surface area contributed by atoms with E-state index in [0.29, 0.717) is 16.6 Å². The van der Waals surface area contributed by atoms with Crippen molar-refractivity contribution < 1.29 is 4.74 Å². The molecule has 0 bridgehead atoms. The number of tetrazole rings is 1. The molecule has 0 atom stereocenters. The predicted molar refractivity (Wildman–Crippen MR) is 75.1 cm³/mol. The topological polar surface area (TPSA) is 101 Å². The van der Waals surface area contributed by atoms with E-state index in [4.69, 9.17) is 10.00 Å². The predicted octanol–water partition coefficient (Wildman–Crippen LogP) is 1.09. The number of aliphatic imine (C=N–C) groups is 1. The fourth-order valence-electron chi connectivity index (χ4n) is 1.47. The summed E-state index contributed by atoms with van der Waals surface area (Å²) in [5.41, 5.74) is 1.32. The Morgan fingerprint density at radius 2 is 2.40 bits per heavy atom. The van der Waals surface area contributed by atoms with Crippen molar-refractivity contribution in [1.29, 1.82) is 5.26 Å². The largest absolute Gasteiger partial charge is 0.494 e. The van der Waals surface area contributed by atoms with Crippen LogP contribution in [0.3, 0.4) is 0 Å². The molecular formula is C11H11N7OS. The average Bonchev–Trinajstić information content (AvgIpc) is 3.01. The van der Waals surface area contributed by atoms with Crippen LogP contribution in [0.15, 0.2) is 29.5 Å². The van der Waals surface area contributed by atoms with Gasteiger partial charge in [0.1, 0.15) is 17.8 Å². The van der Waals surface area contributed by atoms with Crippen LogP contribution in [-0.2, 0) is 0 Å². The zero-order valence-corrected chi connectivity index (χ0v) is 11.6. The summed E-state index contributed by atoms with van der Waals surface area (Å²) >= 11 is 1.33. The first kappa shape index (κ1) is 13.8. The number of methoxy groups -OCH3 is 1. The molecule has 1 N–H and O–H groups in total. The SMILES string of the molecule is COc1ccc(-n2cnnn2)cc1N=C(NC#N)SC. The van der Waals surface area contributed by atoms with Crippen molar-refractivity contribution in [3.05, 3.63) is 24.5 Å². The van der Waals surface area contributed by atoms with E-state index in [1.165, 1.54) is 22.8 Å². The fourth-order valence-corrected chi connectivity index (χ4v) is 1.81. The van der Waals surface area contributed by atoms with E-state index in [1.54, 1.807) is 19.2 Å². The summed E-state index contributed by atoms with van der Waals surface area (Å²) in [4.78, 5) is 4.35. The summed E-state index contributed by atoms with van der Waals surface area (Å²) in [5.74, 6) is 0.591. The fraction of sp³-hybridized carbons (Fsp3) is 0.182. The Balaban J connectivity index is 2.44. The number of nitrogens with zero attached hydrogens (tertiary/aromatic N) is 6. The Morgan fingerprint density at radius 1 is 1.55 bits per heavy atom. The third-order valence-electron chi connectivity index (χ3n) is 2.35. The van der Waals surface area contributed by atoms with Gasteiger partial charge in [-0.15, -0.1) is 5.10 Å². The van der Waals surface area contributed by atoms with Gasteiger partial charge in [0.05, 0.1) is 12.8 Å². The molecule has 1 aromatic carbocycles. The van der Waals surface area contributed by atoms with E-state index < -0.39 is 0 Å². The van der Waals surface area contributed by atoms with E-state index >= 15 is 0 Å². The van der Waals surface area contributed by atoms with Crippen LogP contribution in [0.4, 0.5) is 5.69 Å². The third-order valence-corrected chi connectivity index (χ3v) is 2.93. The van der Waals surface area contributed by atoms with Gasteiger partial charge in [-0.25, -0.2) is 9.67 Å². The maximum atomic E-state index is 8.66. The molecule has 20 heavy (non-hydrogen) atoms. The van der Waals surface area contributed by atoms with Crippen LogP contribution in [-0.4, -0.2) is 38.7 Å². The zero-order valence-electron chi connectivity index (χ0n) is 10.8. The minimum absolute atomic E-state index is 0.472. The summed E-state index contributed by atoms with van der Waals surface area (Å²) in [7, 11) is 1.56. The van der Waals surface area contributed by atoms with Crippen molar-refractivity contribution in [3.8, 4) is 17.6 Å². The maximum absolute atomic E-state index is 8.66. The number of nitriles is 1. The number of amidine groups is 1. The smallest absolute Gasteiger partial charge is 0.183 e. The minimum atomic E-state index is 0.472. The third kappa shape index (κ3) is 3.04. The molecule has 8 nitrogen and oxygen atoms in total. The molecule has 0 radical (unpaired) electrons. The van der Waals surface area contributed by atoms with Gasteiger partial charge in [0.15, 0.2) is 11.4 Å². The van der Waals surface area contributed by atoms with Crippen LogP contribution >= 0.6 is 11.8 Å². The molecule has 0 fully saturated rings. The second-order valence-electron chi connectivity index (χ2n) is 3.47. The van der Waals surface area contributed by atoms with E-state index in [2.05, 4.69) is 25.8 Å². The van der Waals surface area contributed by atoms with E-state index in [0.717, 1.165) is 5.69 Å². The van der Waals surface area contributed by atoms with Crippen molar-refractivity contribution in [2.24, 2.45) is 4.99 Å². The summed E-state index contributed by atoms with van der Waals surface area (Å²) < 4.78 is 6.76. The maximum Gasteiger partial charge on any atom is 0.183 e. The van der Waals surface area contributed by atoms with Crippen molar-refractivity contribution >= 4 is 22.6 Å². The Kier molecular flexibility index (Phi) is 4.52. The monoisotopic (exact) mass is 289 g/mol. The lowest BCUT2D eigenvalue weighted by Crippen LogP contribution is -2.12. The molecule has 102 valence electrons. The second kappa shape index (κ2) is 6.53. The van der Waals surface area contributed by atoms with Crippen LogP contribution in [0.2, 0.25) is 0 Å². The number of benzene rings is 1. The van der Waals surface area contributed by atoms with Crippen molar-refractivity contribution in [3.63, 3.8) is 0 Å². The van der Waals surface area contributed by atoms with Gasteiger partial charge < -0.3 is 4.74 Å². The van der Waals surface area contributed by atoms with Crippen LogP contribution in [0.1, 0.15) is 0 Å². The first-order valence-corrected chi connectivity index (χ1v) is 6.70. The number of hydrogen-bond acceptors (Lipinski definition) is 7. The van der Waals surface area contributed by atoms with E-state index in [1.807, 2.05) is 18.5 Å². The van der Waals surface area contributed by atoms with Crippen molar-refractivity contribution in [2.75, 3.05) is 13.4 Å². The lowest BCUT2D eigenvalue weighted by molar-refractivity contribution is 0.416. The van der Waals surface area contributed by atoms with Crippen LogP contribution in [0.25, 0.3) is 5.69 Å². The van der Waals surface area contributed by atoms with Crippen LogP contribution < -0.4 is 10.1 Å². The van der Waals surface area contributed by atoms with Crippen molar-refractivity contribution in [2.45, 2.75) is 0 Å². The lowest BCUT2D eigenvalue weighted by Gasteiger charge is -2.08. The molecule has 2 rings (SSSR count). The standard InChI is InChI=1S/C11H11N7OS/c1-19-10-4-3-8(18-7-14-16-17-18)5-9(10)15-11(20-2)13-6-12/h3-5,7H,1-2H3,(H,13,15). The summed E-state index contributed by atoms with van der Waals surface area (Å²) in [6.45, 7) is 0. The number of ether oxygens (including phenoxy) is 1. The highest BCUT2D eigenvalue weighted by molar-refractivity contribution is 8.13. The molecular weight excluding hydrogens is 278 g/mol. The Labute approximate surface area is 119 Å². The molecule has 0 unspecified atom stereocenters. The van der Waals surface area contributed by atoms with Crippen LogP contribution in [0, 0.1) is 11.5 Å². The highest BCUT2D eigenvalue weighted by Crippen LogP contribution is 2.30. The summed E-state index contributed by atoms with van der Waals surface area (Å²) in [6, 6.07) is 5.34. The van der Waals surface area contributed by atoms with Gasteiger partial charge in [-0.05, 0) is 34.9 Å². The summed E-state index contributed by atoms with van der Waals surface area (Å²) in [6.07, 6.45) is 5.14. The number of thioether (sulfide) groups is 1. The molecule has 2 aromatic rings. The molecule has 0 saturated carbocycles. The molecule has 1 heterocycles. The second-order valence-corrected chi connectivity index (χ2v) is 4.26. The molecule has 9 heteroatoms. The average molecular weight is 289 g/mol. The van der Waals surface area contributed by atoms with Gasteiger partial charge in [0.25, 0.3) is 0 Å². The van der Waals surface area contributed by atoms with Crippen molar-refractivity contribution in [1.82, 2.24) is 25.5 Å². The Hall–Kier alpha value is -2.60. The first-order chi connectivity index (χ1) is 9.78. The normalized spacial score (nSPS) is 10.9.